The molecule has 0 atom stereocenters. The van der Waals surface area contributed by atoms with Gasteiger partial charge in [0.1, 0.15) is 5.69 Å². The lowest BCUT2D eigenvalue weighted by molar-refractivity contribution is 0.0787. The number of likely N-dealkylation sites (N-methyl/N-ethyl adjacent to an activating group) is 1. The van der Waals surface area contributed by atoms with Crippen LogP contribution in [-0.4, -0.2) is 72.5 Å². The standard InChI is InChI=1S/C16H27N5O/c1-5-6-7-20(4)15(22)14-12-13(2)17-16(18-14)21-10-8-19(3)9-11-21/h12H,5-11H2,1-4H3. The minimum absolute atomic E-state index is 0.0191. The van der Waals surface area contributed by atoms with Crippen molar-refractivity contribution in [2.24, 2.45) is 0 Å². The van der Waals surface area contributed by atoms with Gasteiger partial charge < -0.3 is 14.7 Å². The third-order valence-corrected chi connectivity index (χ3v) is 4.04. The van der Waals surface area contributed by atoms with Crippen LogP contribution >= 0.6 is 0 Å². The van der Waals surface area contributed by atoms with Gasteiger partial charge in [-0.2, -0.15) is 0 Å². The zero-order valence-electron chi connectivity index (χ0n) is 14.2. The van der Waals surface area contributed by atoms with Crippen molar-refractivity contribution in [3.8, 4) is 0 Å². The molecular weight excluding hydrogens is 278 g/mol. The molecule has 1 aliphatic rings. The summed E-state index contributed by atoms with van der Waals surface area (Å²) in [7, 11) is 3.96. The average molecular weight is 305 g/mol. The largest absolute Gasteiger partial charge is 0.340 e. The predicted octanol–water partition coefficient (Wildman–Crippen LogP) is 1.41. The lowest BCUT2D eigenvalue weighted by Gasteiger charge is -2.32. The van der Waals surface area contributed by atoms with E-state index in [0.29, 0.717) is 11.6 Å². The highest BCUT2D eigenvalue weighted by atomic mass is 16.2. The van der Waals surface area contributed by atoms with Crippen molar-refractivity contribution in [1.29, 1.82) is 0 Å². The monoisotopic (exact) mass is 305 g/mol. The van der Waals surface area contributed by atoms with E-state index >= 15 is 0 Å². The number of aromatic nitrogens is 2. The molecule has 1 aromatic heterocycles. The highest BCUT2D eigenvalue weighted by molar-refractivity contribution is 5.92. The Labute approximate surface area is 133 Å². The normalized spacial score (nSPS) is 15.9. The maximum absolute atomic E-state index is 12.5. The number of amides is 1. The number of nitrogens with zero attached hydrogens (tertiary/aromatic N) is 5. The van der Waals surface area contributed by atoms with Crippen LogP contribution in [0.4, 0.5) is 5.95 Å². The number of piperazine rings is 1. The molecule has 0 radical (unpaired) electrons. The van der Waals surface area contributed by atoms with Crippen LogP contribution in [0.3, 0.4) is 0 Å². The second kappa shape index (κ2) is 7.54. The first-order valence-corrected chi connectivity index (χ1v) is 8.06. The summed E-state index contributed by atoms with van der Waals surface area (Å²) >= 11 is 0. The van der Waals surface area contributed by atoms with Crippen molar-refractivity contribution >= 4 is 11.9 Å². The quantitative estimate of drug-likeness (QED) is 0.823. The first kappa shape index (κ1) is 16.7. The van der Waals surface area contributed by atoms with E-state index in [2.05, 4.69) is 33.7 Å². The predicted molar refractivity (Wildman–Crippen MR) is 88.3 cm³/mol. The van der Waals surface area contributed by atoms with E-state index in [1.165, 1.54) is 0 Å². The Bertz CT molecular complexity index is 511. The van der Waals surface area contributed by atoms with Gasteiger partial charge in [-0.15, -0.1) is 0 Å². The summed E-state index contributed by atoms with van der Waals surface area (Å²) < 4.78 is 0. The highest BCUT2D eigenvalue weighted by Crippen LogP contribution is 2.14. The van der Waals surface area contributed by atoms with Gasteiger partial charge in [0.25, 0.3) is 5.91 Å². The maximum Gasteiger partial charge on any atom is 0.272 e. The van der Waals surface area contributed by atoms with E-state index < -0.39 is 0 Å². The summed E-state index contributed by atoms with van der Waals surface area (Å²) in [5.74, 6) is 0.662. The van der Waals surface area contributed by atoms with Gasteiger partial charge in [-0.3, -0.25) is 4.79 Å². The van der Waals surface area contributed by atoms with Crippen LogP contribution in [0.1, 0.15) is 35.9 Å². The minimum Gasteiger partial charge on any atom is -0.340 e. The van der Waals surface area contributed by atoms with Crippen molar-refractivity contribution < 1.29 is 4.79 Å². The number of unbranched alkanes of at least 4 members (excludes halogenated alkanes) is 1. The molecule has 6 nitrogen and oxygen atoms in total. The van der Waals surface area contributed by atoms with Crippen molar-refractivity contribution in [2.45, 2.75) is 26.7 Å². The minimum atomic E-state index is -0.0191. The Balaban J connectivity index is 2.14. The summed E-state index contributed by atoms with van der Waals surface area (Å²) in [5, 5.41) is 0. The molecule has 0 spiro atoms. The number of carbonyl (C=O) groups is 1. The van der Waals surface area contributed by atoms with Crippen LogP contribution in [0.5, 0.6) is 0 Å². The molecule has 0 aromatic carbocycles. The summed E-state index contributed by atoms with van der Waals surface area (Å²) in [5.41, 5.74) is 1.34. The molecule has 0 aliphatic carbocycles. The van der Waals surface area contributed by atoms with Gasteiger partial charge in [-0.05, 0) is 26.5 Å². The number of hydrogen-bond donors (Lipinski definition) is 0. The van der Waals surface area contributed by atoms with Crippen LogP contribution in [0.2, 0.25) is 0 Å². The fraction of sp³-hybridized carbons (Fsp3) is 0.688. The van der Waals surface area contributed by atoms with Crippen molar-refractivity contribution in [1.82, 2.24) is 19.8 Å². The molecule has 0 saturated carbocycles. The Morgan fingerprint density at radius 2 is 1.95 bits per heavy atom. The number of carbonyl (C=O) groups excluding carboxylic acids is 1. The molecular formula is C16H27N5O. The molecule has 0 unspecified atom stereocenters. The van der Waals surface area contributed by atoms with E-state index in [1.807, 2.05) is 14.0 Å². The molecule has 2 rings (SSSR count). The third-order valence-electron chi connectivity index (χ3n) is 4.04. The first-order valence-electron chi connectivity index (χ1n) is 8.06. The van der Waals surface area contributed by atoms with Crippen molar-refractivity contribution in [3.05, 3.63) is 17.5 Å². The van der Waals surface area contributed by atoms with Gasteiger partial charge >= 0.3 is 0 Å². The van der Waals surface area contributed by atoms with Crippen molar-refractivity contribution in [3.63, 3.8) is 0 Å². The summed E-state index contributed by atoms with van der Waals surface area (Å²) in [6.45, 7) is 8.61. The van der Waals surface area contributed by atoms with E-state index in [4.69, 9.17) is 0 Å². The second-order valence-electron chi connectivity index (χ2n) is 6.07. The smallest absolute Gasteiger partial charge is 0.272 e. The molecule has 122 valence electrons. The maximum atomic E-state index is 12.5. The Hall–Kier alpha value is -1.69. The van der Waals surface area contributed by atoms with Crippen LogP contribution in [-0.2, 0) is 0 Å². The molecule has 0 N–H and O–H groups in total. The van der Waals surface area contributed by atoms with E-state index in [1.54, 1.807) is 11.0 Å². The number of aryl methyl sites for hydroxylation is 1. The van der Waals surface area contributed by atoms with E-state index in [-0.39, 0.29) is 5.91 Å². The number of anilines is 1. The zero-order chi connectivity index (χ0) is 16.1. The van der Waals surface area contributed by atoms with Gasteiger partial charge in [0.2, 0.25) is 5.95 Å². The van der Waals surface area contributed by atoms with Gasteiger partial charge in [0, 0.05) is 45.5 Å². The third kappa shape index (κ3) is 4.16. The Morgan fingerprint density at radius 3 is 2.59 bits per heavy atom. The fourth-order valence-corrected chi connectivity index (χ4v) is 2.50. The Morgan fingerprint density at radius 1 is 1.27 bits per heavy atom. The van der Waals surface area contributed by atoms with Gasteiger partial charge in [0.05, 0.1) is 0 Å². The van der Waals surface area contributed by atoms with Gasteiger partial charge in [0.15, 0.2) is 0 Å². The van der Waals surface area contributed by atoms with Crippen molar-refractivity contribution in [2.75, 3.05) is 51.7 Å². The SMILES string of the molecule is CCCCN(C)C(=O)c1cc(C)nc(N2CCN(C)CC2)n1. The molecule has 2 heterocycles. The van der Waals surface area contributed by atoms with E-state index in [0.717, 1.165) is 51.3 Å². The number of rotatable bonds is 5. The van der Waals surface area contributed by atoms with E-state index in [9.17, 15) is 4.79 Å². The molecule has 1 fully saturated rings. The summed E-state index contributed by atoms with van der Waals surface area (Å²) in [6.07, 6.45) is 2.09. The fourth-order valence-electron chi connectivity index (χ4n) is 2.50. The highest BCUT2D eigenvalue weighted by Gasteiger charge is 2.20. The molecule has 0 bridgehead atoms. The molecule has 1 amide bonds. The first-order chi connectivity index (χ1) is 10.5. The van der Waals surface area contributed by atoms with Gasteiger partial charge in [-0.25, -0.2) is 9.97 Å². The average Bonchev–Trinajstić information content (AvgIpc) is 2.52. The van der Waals surface area contributed by atoms with Crippen LogP contribution in [0, 0.1) is 6.92 Å². The molecule has 1 aromatic rings. The van der Waals surface area contributed by atoms with Gasteiger partial charge in [-0.1, -0.05) is 13.3 Å². The number of hydrogen-bond acceptors (Lipinski definition) is 5. The Kier molecular flexibility index (Phi) is 5.71. The summed E-state index contributed by atoms with van der Waals surface area (Å²) in [6, 6.07) is 1.78. The molecule has 1 saturated heterocycles. The summed E-state index contributed by atoms with van der Waals surface area (Å²) in [4.78, 5) is 27.7. The lowest BCUT2D eigenvalue weighted by atomic mass is 10.2. The zero-order valence-corrected chi connectivity index (χ0v) is 14.2. The van der Waals surface area contributed by atoms with Crippen LogP contribution in [0.15, 0.2) is 6.07 Å². The topological polar surface area (TPSA) is 52.6 Å². The lowest BCUT2D eigenvalue weighted by Crippen LogP contribution is -2.45. The molecule has 22 heavy (non-hydrogen) atoms. The molecule has 6 heteroatoms. The molecule has 1 aliphatic heterocycles. The van der Waals surface area contributed by atoms with Crippen LogP contribution < -0.4 is 4.90 Å². The van der Waals surface area contributed by atoms with Crippen LogP contribution in [0.25, 0.3) is 0 Å². The second-order valence-corrected chi connectivity index (χ2v) is 6.07.